The third-order valence-corrected chi connectivity index (χ3v) is 5.54. The number of amides is 3. The number of rotatable bonds is 4. The van der Waals surface area contributed by atoms with Crippen LogP contribution in [0.2, 0.25) is 0 Å². The van der Waals surface area contributed by atoms with E-state index in [-0.39, 0.29) is 17.9 Å². The maximum Gasteiger partial charge on any atom is 0.325 e. The van der Waals surface area contributed by atoms with Crippen molar-refractivity contribution in [1.82, 2.24) is 15.4 Å². The van der Waals surface area contributed by atoms with Crippen LogP contribution in [0.4, 0.5) is 4.79 Å². The zero-order chi connectivity index (χ0) is 21.5. The van der Waals surface area contributed by atoms with Crippen LogP contribution in [0.25, 0.3) is 11.3 Å². The minimum absolute atomic E-state index is 0.0117. The molecule has 3 amide bonds. The van der Waals surface area contributed by atoms with E-state index in [2.05, 4.69) is 31.2 Å². The Morgan fingerprint density at radius 3 is 2.33 bits per heavy atom. The summed E-state index contributed by atoms with van der Waals surface area (Å²) in [4.78, 5) is 27.0. The molecular formula is C24H25N3O3. The van der Waals surface area contributed by atoms with E-state index in [4.69, 9.17) is 4.52 Å². The first kappa shape index (κ1) is 19.9. The van der Waals surface area contributed by atoms with Crippen molar-refractivity contribution in [3.63, 3.8) is 0 Å². The maximum atomic E-state index is 13.2. The largest absolute Gasteiger partial charge is 0.356 e. The fourth-order valence-electron chi connectivity index (χ4n) is 3.63. The van der Waals surface area contributed by atoms with Gasteiger partial charge in [-0.3, -0.25) is 9.69 Å². The molecule has 154 valence electrons. The highest BCUT2D eigenvalue weighted by Crippen LogP contribution is 2.32. The molecule has 2 aromatic carbocycles. The van der Waals surface area contributed by atoms with Crippen molar-refractivity contribution >= 4 is 11.9 Å². The predicted octanol–water partition coefficient (Wildman–Crippen LogP) is 4.61. The Bertz CT molecular complexity index is 1080. The van der Waals surface area contributed by atoms with Crippen LogP contribution in [0, 0.1) is 0 Å². The van der Waals surface area contributed by atoms with Crippen LogP contribution in [0.1, 0.15) is 44.5 Å². The summed E-state index contributed by atoms with van der Waals surface area (Å²) in [7, 11) is 0. The van der Waals surface area contributed by atoms with Crippen molar-refractivity contribution in [2.24, 2.45) is 0 Å². The summed E-state index contributed by atoms with van der Waals surface area (Å²) in [5.41, 5.74) is 2.22. The molecule has 30 heavy (non-hydrogen) atoms. The van der Waals surface area contributed by atoms with Gasteiger partial charge < -0.3 is 9.84 Å². The Morgan fingerprint density at radius 2 is 1.70 bits per heavy atom. The molecule has 1 aromatic heterocycles. The van der Waals surface area contributed by atoms with Crippen LogP contribution in [-0.4, -0.2) is 22.0 Å². The number of urea groups is 1. The first-order valence-corrected chi connectivity index (χ1v) is 9.94. The number of nitrogens with one attached hydrogen (secondary N) is 1. The number of hydrogen-bond donors (Lipinski definition) is 1. The summed E-state index contributed by atoms with van der Waals surface area (Å²) >= 11 is 0. The lowest BCUT2D eigenvalue weighted by Gasteiger charge is -2.24. The maximum absolute atomic E-state index is 13.2. The smallest absolute Gasteiger partial charge is 0.325 e. The molecule has 4 rings (SSSR count). The predicted molar refractivity (Wildman–Crippen MR) is 114 cm³/mol. The number of nitrogens with zero attached hydrogens (tertiary/aromatic N) is 2. The molecule has 0 saturated carbocycles. The zero-order valence-electron chi connectivity index (χ0n) is 17.6. The van der Waals surface area contributed by atoms with Gasteiger partial charge in [0.05, 0.1) is 6.54 Å². The van der Waals surface area contributed by atoms with Crippen molar-refractivity contribution in [2.45, 2.75) is 45.2 Å². The Morgan fingerprint density at radius 1 is 1.03 bits per heavy atom. The van der Waals surface area contributed by atoms with Crippen LogP contribution in [0.3, 0.4) is 0 Å². The van der Waals surface area contributed by atoms with Crippen molar-refractivity contribution in [2.75, 3.05) is 0 Å². The third kappa shape index (κ3) is 3.49. The number of benzene rings is 2. The van der Waals surface area contributed by atoms with Crippen LogP contribution in [-0.2, 0) is 22.3 Å². The molecule has 1 fully saturated rings. The quantitative estimate of drug-likeness (QED) is 0.646. The topological polar surface area (TPSA) is 75.4 Å². The third-order valence-electron chi connectivity index (χ3n) is 5.54. The molecule has 0 spiro atoms. The van der Waals surface area contributed by atoms with E-state index in [0.29, 0.717) is 11.5 Å². The van der Waals surface area contributed by atoms with E-state index in [1.807, 2.05) is 54.6 Å². The minimum Gasteiger partial charge on any atom is -0.356 e. The summed E-state index contributed by atoms with van der Waals surface area (Å²) < 4.78 is 5.39. The molecule has 6 nitrogen and oxygen atoms in total. The molecule has 1 N–H and O–H groups in total. The van der Waals surface area contributed by atoms with Gasteiger partial charge in [-0.25, -0.2) is 4.79 Å². The standard InChI is InChI=1S/C24H25N3O3/c1-23(2,3)17-10-12-18(13-11-17)24(4)21(28)27(22(29)25-24)15-19-14-20(30-26-19)16-8-6-5-7-9-16/h5-14H,15H2,1-4H3,(H,25,29)/t24-/m1/s1. The number of imide groups is 1. The van der Waals surface area contributed by atoms with Crippen molar-refractivity contribution in [3.05, 3.63) is 77.5 Å². The van der Waals surface area contributed by atoms with Gasteiger partial charge in [-0.2, -0.15) is 0 Å². The fraction of sp³-hybridized carbons (Fsp3) is 0.292. The summed E-state index contributed by atoms with van der Waals surface area (Å²) in [5.74, 6) is 0.290. The first-order chi connectivity index (χ1) is 14.2. The Balaban J connectivity index is 1.55. The van der Waals surface area contributed by atoms with Crippen molar-refractivity contribution in [3.8, 4) is 11.3 Å². The molecule has 0 unspecified atom stereocenters. The number of carbonyl (C=O) groups is 2. The van der Waals surface area contributed by atoms with Gasteiger partial charge in [-0.1, -0.05) is 80.5 Å². The highest BCUT2D eigenvalue weighted by molar-refractivity contribution is 6.07. The number of hydrogen-bond acceptors (Lipinski definition) is 4. The first-order valence-electron chi connectivity index (χ1n) is 9.94. The number of aromatic nitrogens is 1. The van der Waals surface area contributed by atoms with Gasteiger partial charge in [0.2, 0.25) is 0 Å². The van der Waals surface area contributed by atoms with Crippen LogP contribution in [0.15, 0.2) is 65.2 Å². The average Bonchev–Trinajstić information content (AvgIpc) is 3.27. The lowest BCUT2D eigenvalue weighted by atomic mass is 9.84. The molecule has 1 atom stereocenters. The molecular weight excluding hydrogens is 378 g/mol. The molecule has 0 bridgehead atoms. The Hall–Kier alpha value is -3.41. The lowest BCUT2D eigenvalue weighted by Crippen LogP contribution is -2.40. The van der Waals surface area contributed by atoms with Gasteiger partial charge in [-0.05, 0) is 23.5 Å². The minimum atomic E-state index is -1.11. The summed E-state index contributed by atoms with van der Waals surface area (Å²) in [6.07, 6.45) is 0. The second-order valence-corrected chi connectivity index (χ2v) is 8.82. The average molecular weight is 403 g/mol. The highest BCUT2D eigenvalue weighted by atomic mass is 16.5. The van der Waals surface area contributed by atoms with Gasteiger partial charge in [0.25, 0.3) is 5.91 Å². The molecule has 0 radical (unpaired) electrons. The molecule has 1 aliphatic heterocycles. The van der Waals surface area contributed by atoms with Gasteiger partial charge in [0.15, 0.2) is 5.76 Å². The van der Waals surface area contributed by atoms with Gasteiger partial charge >= 0.3 is 6.03 Å². The molecule has 0 aliphatic carbocycles. The monoisotopic (exact) mass is 403 g/mol. The summed E-state index contributed by atoms with van der Waals surface area (Å²) in [6, 6.07) is 18.7. The Labute approximate surface area is 175 Å². The van der Waals surface area contributed by atoms with Gasteiger partial charge in [0.1, 0.15) is 11.2 Å². The SMILES string of the molecule is CC(C)(C)c1ccc([C@@]2(C)NC(=O)N(Cc3cc(-c4ccccc4)on3)C2=O)cc1. The molecule has 6 heteroatoms. The molecule has 1 aliphatic rings. The normalized spacial score (nSPS) is 19.3. The Kier molecular flexibility index (Phi) is 4.73. The van der Waals surface area contributed by atoms with E-state index >= 15 is 0 Å². The van der Waals surface area contributed by atoms with E-state index in [9.17, 15) is 9.59 Å². The number of carbonyl (C=O) groups excluding carboxylic acids is 2. The molecule has 1 saturated heterocycles. The van der Waals surface area contributed by atoms with E-state index < -0.39 is 11.6 Å². The van der Waals surface area contributed by atoms with Crippen molar-refractivity contribution in [1.29, 1.82) is 0 Å². The van der Waals surface area contributed by atoms with Gasteiger partial charge in [-0.15, -0.1) is 0 Å². The van der Waals surface area contributed by atoms with E-state index in [0.717, 1.165) is 11.1 Å². The molecule has 3 aromatic rings. The van der Waals surface area contributed by atoms with Crippen LogP contribution in [0.5, 0.6) is 0 Å². The second kappa shape index (κ2) is 7.13. The zero-order valence-corrected chi connectivity index (χ0v) is 17.6. The van der Waals surface area contributed by atoms with Crippen molar-refractivity contribution < 1.29 is 14.1 Å². The van der Waals surface area contributed by atoms with Crippen LogP contribution >= 0.6 is 0 Å². The van der Waals surface area contributed by atoms with E-state index in [1.165, 1.54) is 10.5 Å². The summed E-state index contributed by atoms with van der Waals surface area (Å²) in [6.45, 7) is 8.19. The molecule has 2 heterocycles. The van der Waals surface area contributed by atoms with Crippen LogP contribution < -0.4 is 5.32 Å². The van der Waals surface area contributed by atoms with E-state index in [1.54, 1.807) is 13.0 Å². The summed E-state index contributed by atoms with van der Waals surface area (Å²) in [5, 5.41) is 6.88. The highest BCUT2D eigenvalue weighted by Gasteiger charge is 2.49. The van der Waals surface area contributed by atoms with Gasteiger partial charge in [0, 0.05) is 11.6 Å². The second-order valence-electron chi connectivity index (χ2n) is 8.82. The fourth-order valence-corrected chi connectivity index (χ4v) is 3.63. The lowest BCUT2D eigenvalue weighted by molar-refractivity contribution is -0.131.